The van der Waals surface area contributed by atoms with Gasteiger partial charge in [0.05, 0.1) is 0 Å². The van der Waals surface area contributed by atoms with Crippen LogP contribution in [0.4, 0.5) is 14.6 Å². The number of rotatable bonds is 10. The molecule has 3 rings (SSSR count). The monoisotopic (exact) mass is 450 g/mol. The van der Waals surface area contributed by atoms with Crippen molar-refractivity contribution in [2.45, 2.75) is 78.6 Å². The van der Waals surface area contributed by atoms with Crippen LogP contribution in [0.15, 0.2) is 36.4 Å². The van der Waals surface area contributed by atoms with Gasteiger partial charge >= 0.3 is 146 Å². The summed E-state index contributed by atoms with van der Waals surface area (Å²) >= 11 is 0. The molecular formula is C28H37BF2N2. The van der Waals surface area contributed by atoms with E-state index in [4.69, 9.17) is 0 Å². The first-order chi connectivity index (χ1) is 15.7. The Bertz CT molecular complexity index is 1000. The minimum atomic E-state index is -2.92. The summed E-state index contributed by atoms with van der Waals surface area (Å²) in [6.07, 6.45) is 9.13. The molecule has 1 aromatic carbocycles. The van der Waals surface area contributed by atoms with Crippen molar-refractivity contribution in [2.24, 2.45) is 0 Å². The number of halogens is 2. The predicted molar refractivity (Wildman–Crippen MR) is 139 cm³/mol. The quantitative estimate of drug-likeness (QED) is 0.382. The van der Waals surface area contributed by atoms with E-state index in [2.05, 4.69) is 62.4 Å². The molecular weight excluding hydrogens is 413 g/mol. The topological polar surface area (TPSA) is 16.1 Å². The number of benzene rings is 1. The summed E-state index contributed by atoms with van der Waals surface area (Å²) in [5, 5.41) is 0. The summed E-state index contributed by atoms with van der Waals surface area (Å²) in [6, 6.07) is 10.0. The molecule has 2 aromatic rings. The molecule has 1 aliphatic heterocycles. The maximum atomic E-state index is 13.9. The zero-order valence-corrected chi connectivity index (χ0v) is 20.7. The molecule has 1 aliphatic rings. The minimum absolute atomic E-state index is 0.142. The molecule has 0 spiro atoms. The molecule has 1 saturated heterocycles. The first kappa shape index (κ1) is 25.3. The van der Waals surface area contributed by atoms with Crippen LogP contribution in [0.25, 0.3) is 5.57 Å². The van der Waals surface area contributed by atoms with Crippen LogP contribution in [0.1, 0.15) is 80.8 Å². The van der Waals surface area contributed by atoms with E-state index in [1.165, 1.54) is 33.8 Å². The van der Waals surface area contributed by atoms with Gasteiger partial charge in [-0.15, -0.1) is 0 Å². The van der Waals surface area contributed by atoms with Crippen LogP contribution in [0.2, 0.25) is 0 Å². The van der Waals surface area contributed by atoms with Gasteiger partial charge in [-0.2, -0.15) is 8.78 Å². The second-order valence-electron chi connectivity index (χ2n) is 9.40. The normalized spacial score (nSPS) is 14.7. The summed E-state index contributed by atoms with van der Waals surface area (Å²) in [5.74, 6) is -2.18. The molecule has 0 saturated carbocycles. The molecule has 0 radical (unpaired) electrons. The molecule has 0 bridgehead atoms. The molecule has 33 heavy (non-hydrogen) atoms. The fourth-order valence-electron chi connectivity index (χ4n) is 4.70. The van der Waals surface area contributed by atoms with Crippen LogP contribution < -0.4 is 4.90 Å². The summed E-state index contributed by atoms with van der Waals surface area (Å²) in [6.45, 7) is 9.15. The van der Waals surface area contributed by atoms with Gasteiger partial charge in [0, 0.05) is 20.0 Å². The van der Waals surface area contributed by atoms with Gasteiger partial charge in [-0.25, -0.2) is 0 Å². The average molecular weight is 450 g/mol. The third kappa shape index (κ3) is 6.62. The first-order valence-electron chi connectivity index (χ1n) is 12.3. The van der Waals surface area contributed by atoms with Crippen molar-refractivity contribution in [3.8, 4) is 0 Å². The van der Waals surface area contributed by atoms with E-state index in [1.54, 1.807) is 0 Å². The number of pyridine rings is 1. The van der Waals surface area contributed by atoms with Crippen LogP contribution in [0, 0.1) is 6.92 Å². The van der Waals surface area contributed by atoms with Gasteiger partial charge in [0.1, 0.15) is 5.69 Å². The van der Waals surface area contributed by atoms with Gasteiger partial charge in [-0.1, -0.05) is 0 Å². The molecule has 2 nitrogen and oxygen atoms in total. The van der Waals surface area contributed by atoms with Gasteiger partial charge in [0.15, 0.2) is 0 Å². The Balaban J connectivity index is 1.77. The van der Waals surface area contributed by atoms with Gasteiger partial charge in [-0.05, 0) is 12.8 Å². The zero-order valence-electron chi connectivity index (χ0n) is 20.7. The van der Waals surface area contributed by atoms with Gasteiger partial charge in [-0.3, -0.25) is 0 Å². The molecule has 2 heterocycles. The Morgan fingerprint density at radius 1 is 1.15 bits per heavy atom. The number of hydrogen-bond acceptors (Lipinski definition) is 2. The van der Waals surface area contributed by atoms with Crippen molar-refractivity contribution in [1.82, 2.24) is 4.98 Å². The van der Waals surface area contributed by atoms with Crippen LogP contribution in [-0.4, -0.2) is 31.0 Å². The van der Waals surface area contributed by atoms with E-state index >= 15 is 0 Å². The SMILES string of the molecule is B=C(CCC)C/C(=C/C)c1ccc(CCc2ccc(C(C)(F)F)nc2N2CCCC2)cc1C. The molecule has 1 aromatic heterocycles. The number of aromatic nitrogens is 1. The van der Waals surface area contributed by atoms with E-state index in [0.717, 1.165) is 76.3 Å². The van der Waals surface area contributed by atoms with Gasteiger partial charge < -0.3 is 0 Å². The number of alkyl halides is 2. The summed E-state index contributed by atoms with van der Waals surface area (Å²) in [5.41, 5.74) is 7.33. The average Bonchev–Trinajstić information content (AvgIpc) is 3.30. The Hall–Kier alpha value is -2.30. The molecule has 0 unspecified atom stereocenters. The van der Waals surface area contributed by atoms with Crippen molar-refractivity contribution >= 4 is 24.3 Å². The third-order valence-electron chi connectivity index (χ3n) is 6.52. The molecule has 1 fully saturated rings. The molecule has 0 aliphatic carbocycles. The van der Waals surface area contributed by atoms with Gasteiger partial charge in [0.2, 0.25) is 0 Å². The van der Waals surface area contributed by atoms with Crippen molar-refractivity contribution in [3.63, 3.8) is 0 Å². The first-order valence-corrected chi connectivity index (χ1v) is 12.3. The van der Waals surface area contributed by atoms with Crippen molar-refractivity contribution in [2.75, 3.05) is 18.0 Å². The maximum absolute atomic E-state index is 13.9. The van der Waals surface area contributed by atoms with Crippen LogP contribution >= 0.6 is 0 Å². The molecule has 5 heteroatoms. The van der Waals surface area contributed by atoms with Crippen LogP contribution in [-0.2, 0) is 18.8 Å². The van der Waals surface area contributed by atoms with Gasteiger partial charge in [0.25, 0.3) is 5.92 Å². The van der Waals surface area contributed by atoms with E-state index in [0.29, 0.717) is 0 Å². The molecule has 176 valence electrons. The van der Waals surface area contributed by atoms with E-state index < -0.39 is 5.92 Å². The number of aryl methyl sites for hydroxylation is 3. The predicted octanol–water partition coefficient (Wildman–Crippen LogP) is 6.55. The van der Waals surface area contributed by atoms with Crippen molar-refractivity contribution in [1.29, 1.82) is 0 Å². The molecule has 0 atom stereocenters. The Morgan fingerprint density at radius 2 is 1.88 bits per heavy atom. The number of hydrogen-bond donors (Lipinski definition) is 0. The van der Waals surface area contributed by atoms with E-state index in [-0.39, 0.29) is 5.69 Å². The summed E-state index contributed by atoms with van der Waals surface area (Å²) in [7, 11) is 4.23. The van der Waals surface area contributed by atoms with Crippen molar-refractivity contribution < 1.29 is 8.78 Å². The number of allylic oxidation sites excluding steroid dienone is 2. The fraction of sp³-hybridized carbons (Fsp3) is 0.500. The molecule has 0 N–H and O–H groups in total. The van der Waals surface area contributed by atoms with E-state index in [9.17, 15) is 8.78 Å². The van der Waals surface area contributed by atoms with Crippen LogP contribution in [0.3, 0.4) is 0 Å². The van der Waals surface area contributed by atoms with Crippen molar-refractivity contribution in [3.05, 3.63) is 64.4 Å². The molecule has 0 amide bonds. The second-order valence-corrected chi connectivity index (χ2v) is 9.40. The second kappa shape index (κ2) is 11.2. The zero-order chi connectivity index (χ0) is 24.0. The van der Waals surface area contributed by atoms with E-state index in [1.807, 2.05) is 6.07 Å². The standard InChI is InChI=1S/C28H37BF2N2/c1-5-9-24(29)19-22(6-2)25-14-11-21(18-20(25)3)10-12-23-13-15-26(28(4,30)31)32-27(23)33-16-7-8-17-33/h6,11,13-15,18,29H,5,7-10,12,16-17,19H2,1-4H3/b22-6-. The Morgan fingerprint density at radius 3 is 2.48 bits per heavy atom. The Kier molecular flexibility index (Phi) is 8.61. The summed E-state index contributed by atoms with van der Waals surface area (Å²) < 4.78 is 27.8. The third-order valence-corrected chi connectivity index (χ3v) is 6.52. The summed E-state index contributed by atoms with van der Waals surface area (Å²) in [4.78, 5) is 6.57. The number of nitrogens with zero attached hydrogens (tertiary/aromatic N) is 2. The Labute approximate surface area is 199 Å². The number of anilines is 1. The van der Waals surface area contributed by atoms with Crippen LogP contribution in [0.5, 0.6) is 0 Å². The fourth-order valence-corrected chi connectivity index (χ4v) is 4.70.